The maximum atomic E-state index is 13.1. The molecule has 2 aromatic carbocycles. The van der Waals surface area contributed by atoms with Crippen LogP contribution in [0.3, 0.4) is 0 Å². The Kier molecular flexibility index (Phi) is 6.39. The third kappa shape index (κ3) is 4.71. The van der Waals surface area contributed by atoms with Crippen molar-refractivity contribution < 1.29 is 32.2 Å². The van der Waals surface area contributed by atoms with E-state index in [1.54, 1.807) is 42.2 Å². The SMILES string of the molecule is Cc1ccc(S(=O)(=O)N2CCOCC2)cc1NC(=O)[C@H]1CC(=O)N(c2ccc3c(c2)OCCO3)C1. The summed E-state index contributed by atoms with van der Waals surface area (Å²) < 4.78 is 43.8. The summed E-state index contributed by atoms with van der Waals surface area (Å²) in [7, 11) is -3.70. The van der Waals surface area contributed by atoms with Crippen molar-refractivity contribution in [1.29, 1.82) is 0 Å². The third-order valence-electron chi connectivity index (χ3n) is 6.41. The number of fused-ring (bicyclic) bond motifs is 1. The van der Waals surface area contributed by atoms with E-state index in [0.29, 0.717) is 49.3 Å². The zero-order valence-corrected chi connectivity index (χ0v) is 20.2. The van der Waals surface area contributed by atoms with Crippen LogP contribution in [0.1, 0.15) is 12.0 Å². The molecule has 11 heteroatoms. The summed E-state index contributed by atoms with van der Waals surface area (Å²) in [6.45, 7) is 4.21. The molecular weight excluding hydrogens is 474 g/mol. The Balaban J connectivity index is 1.30. The molecule has 0 saturated carbocycles. The van der Waals surface area contributed by atoms with Gasteiger partial charge in [0.25, 0.3) is 0 Å². The van der Waals surface area contributed by atoms with Crippen molar-refractivity contribution >= 4 is 33.2 Å². The zero-order chi connectivity index (χ0) is 24.6. The highest BCUT2D eigenvalue weighted by Crippen LogP contribution is 2.36. The van der Waals surface area contributed by atoms with Crippen LogP contribution in [0, 0.1) is 12.8 Å². The summed E-state index contributed by atoms with van der Waals surface area (Å²) in [5.74, 6) is 0.130. The van der Waals surface area contributed by atoms with Gasteiger partial charge >= 0.3 is 0 Å². The van der Waals surface area contributed by atoms with Crippen molar-refractivity contribution in [3.63, 3.8) is 0 Å². The number of amides is 2. The lowest BCUT2D eigenvalue weighted by molar-refractivity contribution is -0.122. The second-order valence-electron chi connectivity index (χ2n) is 8.72. The minimum absolute atomic E-state index is 0.0606. The number of anilines is 2. The summed E-state index contributed by atoms with van der Waals surface area (Å²) in [6.07, 6.45) is 0.0606. The van der Waals surface area contributed by atoms with E-state index in [2.05, 4.69) is 5.32 Å². The van der Waals surface area contributed by atoms with E-state index in [1.807, 2.05) is 0 Å². The quantitative estimate of drug-likeness (QED) is 0.664. The maximum absolute atomic E-state index is 13.1. The lowest BCUT2D eigenvalue weighted by Crippen LogP contribution is -2.40. The fourth-order valence-corrected chi connectivity index (χ4v) is 5.83. The van der Waals surface area contributed by atoms with Crippen LogP contribution < -0.4 is 19.7 Å². The second kappa shape index (κ2) is 9.48. The number of carbonyl (C=O) groups excluding carboxylic acids is 2. The molecule has 2 fully saturated rings. The number of benzene rings is 2. The molecule has 0 unspecified atom stereocenters. The van der Waals surface area contributed by atoms with Gasteiger partial charge in [0.2, 0.25) is 21.8 Å². The summed E-state index contributed by atoms with van der Waals surface area (Å²) in [6, 6.07) is 9.97. The molecule has 1 atom stereocenters. The van der Waals surface area contributed by atoms with Gasteiger partial charge in [-0.05, 0) is 36.8 Å². The van der Waals surface area contributed by atoms with Gasteiger partial charge < -0.3 is 24.4 Å². The van der Waals surface area contributed by atoms with E-state index in [-0.39, 0.29) is 42.8 Å². The second-order valence-corrected chi connectivity index (χ2v) is 10.7. The van der Waals surface area contributed by atoms with Gasteiger partial charge in [0.15, 0.2) is 11.5 Å². The first-order valence-electron chi connectivity index (χ1n) is 11.5. The van der Waals surface area contributed by atoms with E-state index < -0.39 is 15.9 Å². The van der Waals surface area contributed by atoms with Crippen molar-refractivity contribution in [2.75, 3.05) is 56.3 Å². The lowest BCUT2D eigenvalue weighted by Gasteiger charge is -2.26. The van der Waals surface area contributed by atoms with Crippen molar-refractivity contribution in [3.8, 4) is 11.5 Å². The standard InChI is InChI=1S/C24H27N3O7S/c1-16-2-4-19(35(30,31)26-6-8-32-9-7-26)14-20(16)25-24(29)17-12-23(28)27(15-17)18-3-5-21-22(13-18)34-11-10-33-21/h2-5,13-14,17H,6-12,15H2,1H3,(H,25,29)/t17-/m0/s1. The number of nitrogens with one attached hydrogen (secondary N) is 1. The van der Waals surface area contributed by atoms with Gasteiger partial charge in [0.1, 0.15) is 13.2 Å². The molecule has 1 N–H and O–H groups in total. The highest BCUT2D eigenvalue weighted by Gasteiger charge is 2.36. The fourth-order valence-electron chi connectivity index (χ4n) is 4.40. The normalized spacial score (nSPS) is 20.7. The number of hydrogen-bond acceptors (Lipinski definition) is 7. The molecule has 3 aliphatic rings. The Morgan fingerprint density at radius 1 is 1.00 bits per heavy atom. The van der Waals surface area contributed by atoms with Crippen molar-refractivity contribution in [3.05, 3.63) is 42.0 Å². The van der Waals surface area contributed by atoms with Crippen LogP contribution in [-0.2, 0) is 24.3 Å². The Bertz CT molecular complexity index is 1260. The molecule has 2 amide bonds. The molecule has 0 bridgehead atoms. The smallest absolute Gasteiger partial charge is 0.243 e. The number of morpholine rings is 1. The minimum Gasteiger partial charge on any atom is -0.486 e. The molecule has 10 nitrogen and oxygen atoms in total. The van der Waals surface area contributed by atoms with Gasteiger partial charge in [0, 0.05) is 43.5 Å². The predicted octanol–water partition coefficient (Wildman–Crippen LogP) is 1.78. The molecule has 2 aromatic rings. The monoisotopic (exact) mass is 501 g/mol. The van der Waals surface area contributed by atoms with Crippen molar-refractivity contribution in [1.82, 2.24) is 4.31 Å². The zero-order valence-electron chi connectivity index (χ0n) is 19.4. The van der Waals surface area contributed by atoms with Gasteiger partial charge in [-0.1, -0.05) is 6.07 Å². The van der Waals surface area contributed by atoms with Gasteiger partial charge in [-0.2, -0.15) is 4.31 Å². The third-order valence-corrected chi connectivity index (χ3v) is 8.30. The molecule has 0 spiro atoms. The van der Waals surface area contributed by atoms with Gasteiger partial charge in [-0.15, -0.1) is 0 Å². The number of sulfonamides is 1. The van der Waals surface area contributed by atoms with E-state index >= 15 is 0 Å². The highest BCUT2D eigenvalue weighted by atomic mass is 32.2. The average Bonchev–Trinajstić information content (AvgIpc) is 3.27. The summed E-state index contributed by atoms with van der Waals surface area (Å²) in [4.78, 5) is 27.5. The van der Waals surface area contributed by atoms with Crippen LogP contribution in [-0.4, -0.2) is 70.6 Å². The number of carbonyl (C=O) groups is 2. The maximum Gasteiger partial charge on any atom is 0.243 e. The summed E-state index contributed by atoms with van der Waals surface area (Å²) in [5.41, 5.74) is 1.78. The molecule has 0 aromatic heterocycles. The van der Waals surface area contributed by atoms with E-state index in [1.165, 1.54) is 10.4 Å². The Morgan fingerprint density at radius 2 is 1.74 bits per heavy atom. The van der Waals surface area contributed by atoms with E-state index in [4.69, 9.17) is 14.2 Å². The van der Waals surface area contributed by atoms with Crippen LogP contribution in [0.5, 0.6) is 11.5 Å². The largest absolute Gasteiger partial charge is 0.486 e. The van der Waals surface area contributed by atoms with Gasteiger partial charge in [-0.25, -0.2) is 8.42 Å². The lowest BCUT2D eigenvalue weighted by atomic mass is 10.1. The molecule has 2 saturated heterocycles. The summed E-state index contributed by atoms with van der Waals surface area (Å²) in [5, 5.41) is 2.84. The highest BCUT2D eigenvalue weighted by molar-refractivity contribution is 7.89. The Morgan fingerprint density at radius 3 is 2.51 bits per heavy atom. The van der Waals surface area contributed by atoms with Crippen LogP contribution in [0.15, 0.2) is 41.3 Å². The number of ether oxygens (including phenoxy) is 3. The molecule has 3 aliphatic heterocycles. The van der Waals surface area contributed by atoms with Crippen LogP contribution in [0.2, 0.25) is 0 Å². The molecule has 3 heterocycles. The van der Waals surface area contributed by atoms with Crippen LogP contribution in [0.4, 0.5) is 11.4 Å². The average molecular weight is 502 g/mol. The number of rotatable bonds is 5. The van der Waals surface area contributed by atoms with E-state index in [9.17, 15) is 18.0 Å². The Hall–Kier alpha value is -3.15. The molecule has 0 radical (unpaired) electrons. The summed E-state index contributed by atoms with van der Waals surface area (Å²) >= 11 is 0. The van der Waals surface area contributed by atoms with Crippen molar-refractivity contribution in [2.24, 2.45) is 5.92 Å². The molecule has 186 valence electrons. The molecule has 5 rings (SSSR count). The number of hydrogen-bond donors (Lipinski definition) is 1. The first-order chi connectivity index (χ1) is 16.8. The van der Waals surface area contributed by atoms with E-state index in [0.717, 1.165) is 5.56 Å². The van der Waals surface area contributed by atoms with Gasteiger partial charge in [-0.3, -0.25) is 9.59 Å². The first kappa shape index (κ1) is 23.6. The topological polar surface area (TPSA) is 114 Å². The van der Waals surface area contributed by atoms with Gasteiger partial charge in [0.05, 0.1) is 24.0 Å². The van der Waals surface area contributed by atoms with Crippen molar-refractivity contribution in [2.45, 2.75) is 18.2 Å². The first-order valence-corrected chi connectivity index (χ1v) is 13.0. The number of aryl methyl sites for hydroxylation is 1. The molecular formula is C24H27N3O7S. The predicted molar refractivity (Wildman–Crippen MR) is 127 cm³/mol. The fraction of sp³-hybridized carbons (Fsp3) is 0.417. The van der Waals surface area contributed by atoms with Crippen LogP contribution in [0.25, 0.3) is 0 Å². The number of nitrogens with zero attached hydrogens (tertiary/aromatic N) is 2. The Labute approximate surface area is 203 Å². The molecule has 0 aliphatic carbocycles. The van der Waals surface area contributed by atoms with Crippen LogP contribution >= 0.6 is 0 Å². The molecule has 35 heavy (non-hydrogen) atoms. The minimum atomic E-state index is -3.70.